The summed E-state index contributed by atoms with van der Waals surface area (Å²) in [4.78, 5) is 25.6. The van der Waals surface area contributed by atoms with Gasteiger partial charge in [-0.1, -0.05) is 12.1 Å². The number of aromatic nitrogens is 2. The number of para-hydroxylation sites is 1. The van der Waals surface area contributed by atoms with Crippen LogP contribution in [-0.2, 0) is 4.79 Å². The number of rotatable bonds is 4. The SMILES string of the molecule is Cc1c(C(=O)N2CCSCC2CC(=O)O)cnn1-c1ccccc1F. The minimum absolute atomic E-state index is 0.0841. The molecule has 1 fully saturated rings. The smallest absolute Gasteiger partial charge is 0.305 e. The van der Waals surface area contributed by atoms with Crippen molar-refractivity contribution in [3.05, 3.63) is 47.5 Å². The van der Waals surface area contributed by atoms with Gasteiger partial charge in [-0.3, -0.25) is 9.59 Å². The molecule has 0 radical (unpaired) electrons. The van der Waals surface area contributed by atoms with Crippen LogP contribution in [0.15, 0.2) is 30.5 Å². The van der Waals surface area contributed by atoms with Gasteiger partial charge in [0.05, 0.1) is 29.9 Å². The van der Waals surface area contributed by atoms with Crippen molar-refractivity contribution in [1.29, 1.82) is 0 Å². The fourth-order valence-electron chi connectivity index (χ4n) is 2.93. The van der Waals surface area contributed by atoms with E-state index in [1.807, 2.05) is 0 Å². The summed E-state index contributed by atoms with van der Waals surface area (Å²) < 4.78 is 15.4. The highest BCUT2D eigenvalue weighted by Crippen LogP contribution is 2.24. The maximum atomic E-state index is 14.0. The first-order chi connectivity index (χ1) is 12.0. The third-order valence-corrected chi connectivity index (χ3v) is 5.31. The summed E-state index contributed by atoms with van der Waals surface area (Å²) in [5, 5.41) is 13.2. The van der Waals surface area contributed by atoms with Crippen molar-refractivity contribution in [2.45, 2.75) is 19.4 Å². The number of benzene rings is 1. The van der Waals surface area contributed by atoms with Gasteiger partial charge in [-0.05, 0) is 19.1 Å². The molecule has 1 N–H and O–H groups in total. The summed E-state index contributed by atoms with van der Waals surface area (Å²) in [5.41, 5.74) is 1.17. The molecule has 3 rings (SSSR count). The number of aliphatic carboxylic acids is 1. The highest BCUT2D eigenvalue weighted by Gasteiger charge is 2.31. The first-order valence-corrected chi connectivity index (χ1v) is 9.04. The van der Waals surface area contributed by atoms with Crippen LogP contribution in [-0.4, -0.2) is 55.8 Å². The maximum absolute atomic E-state index is 14.0. The third kappa shape index (κ3) is 3.53. The van der Waals surface area contributed by atoms with Crippen molar-refractivity contribution >= 4 is 23.6 Å². The van der Waals surface area contributed by atoms with Gasteiger partial charge in [-0.15, -0.1) is 0 Å². The molecule has 2 heterocycles. The lowest BCUT2D eigenvalue weighted by Gasteiger charge is -2.34. The molecule has 0 saturated carbocycles. The van der Waals surface area contributed by atoms with Gasteiger partial charge in [-0.2, -0.15) is 16.9 Å². The van der Waals surface area contributed by atoms with E-state index in [4.69, 9.17) is 5.11 Å². The van der Waals surface area contributed by atoms with Crippen LogP contribution >= 0.6 is 11.8 Å². The van der Waals surface area contributed by atoms with Crippen LogP contribution in [0.3, 0.4) is 0 Å². The zero-order chi connectivity index (χ0) is 18.0. The molecule has 1 saturated heterocycles. The number of halogens is 1. The average Bonchev–Trinajstić information content (AvgIpc) is 2.96. The molecular weight excluding hydrogens is 345 g/mol. The second kappa shape index (κ2) is 7.26. The summed E-state index contributed by atoms with van der Waals surface area (Å²) in [6, 6.07) is 5.87. The zero-order valence-electron chi connectivity index (χ0n) is 13.7. The number of hydrogen-bond donors (Lipinski definition) is 1. The van der Waals surface area contributed by atoms with E-state index in [1.165, 1.54) is 16.9 Å². The minimum atomic E-state index is -0.927. The Labute approximate surface area is 148 Å². The molecule has 1 aromatic carbocycles. The summed E-state index contributed by atoms with van der Waals surface area (Å²) in [5.74, 6) is -0.248. The molecule has 8 heteroatoms. The fourth-order valence-corrected chi connectivity index (χ4v) is 4.00. The first kappa shape index (κ1) is 17.5. The van der Waals surface area contributed by atoms with E-state index in [9.17, 15) is 14.0 Å². The van der Waals surface area contributed by atoms with E-state index >= 15 is 0 Å². The van der Waals surface area contributed by atoms with Gasteiger partial charge in [0.25, 0.3) is 5.91 Å². The lowest BCUT2D eigenvalue weighted by atomic mass is 10.1. The first-order valence-electron chi connectivity index (χ1n) is 7.89. The molecule has 132 valence electrons. The van der Waals surface area contributed by atoms with Crippen LogP contribution in [0.4, 0.5) is 4.39 Å². The van der Waals surface area contributed by atoms with E-state index < -0.39 is 11.8 Å². The number of amides is 1. The standard InChI is InChI=1S/C17H18FN3O3S/c1-11-13(9-19-21(11)15-5-3-2-4-14(15)18)17(24)20-6-7-25-10-12(20)8-16(22)23/h2-5,9,12H,6-8,10H2,1H3,(H,22,23). The van der Waals surface area contributed by atoms with E-state index in [0.717, 1.165) is 5.75 Å². The fraction of sp³-hybridized carbons (Fsp3) is 0.353. The Morgan fingerprint density at radius 3 is 2.88 bits per heavy atom. The van der Waals surface area contributed by atoms with Crippen molar-refractivity contribution < 1.29 is 19.1 Å². The largest absolute Gasteiger partial charge is 0.481 e. The van der Waals surface area contributed by atoms with Crippen LogP contribution < -0.4 is 0 Å². The molecular formula is C17H18FN3O3S. The molecule has 2 aromatic rings. The van der Waals surface area contributed by atoms with Gasteiger partial charge < -0.3 is 10.0 Å². The van der Waals surface area contributed by atoms with E-state index in [-0.39, 0.29) is 24.1 Å². The van der Waals surface area contributed by atoms with Gasteiger partial charge in [0.2, 0.25) is 0 Å². The van der Waals surface area contributed by atoms with Gasteiger partial charge in [-0.25, -0.2) is 9.07 Å². The minimum Gasteiger partial charge on any atom is -0.481 e. The quantitative estimate of drug-likeness (QED) is 0.902. The zero-order valence-corrected chi connectivity index (χ0v) is 14.5. The highest BCUT2D eigenvalue weighted by molar-refractivity contribution is 7.99. The van der Waals surface area contributed by atoms with Crippen molar-refractivity contribution in [3.8, 4) is 5.69 Å². The number of nitrogens with zero attached hydrogens (tertiary/aromatic N) is 3. The van der Waals surface area contributed by atoms with Crippen molar-refractivity contribution in [2.24, 2.45) is 0 Å². The van der Waals surface area contributed by atoms with Crippen LogP contribution in [0.5, 0.6) is 0 Å². The Balaban J connectivity index is 1.90. The number of carboxylic acids is 1. The Morgan fingerprint density at radius 1 is 1.40 bits per heavy atom. The molecule has 25 heavy (non-hydrogen) atoms. The molecule has 6 nitrogen and oxygen atoms in total. The lowest BCUT2D eigenvalue weighted by Crippen LogP contribution is -2.47. The van der Waals surface area contributed by atoms with E-state index in [1.54, 1.807) is 41.8 Å². The number of carbonyl (C=O) groups is 2. The van der Waals surface area contributed by atoms with E-state index in [0.29, 0.717) is 23.6 Å². The Kier molecular flexibility index (Phi) is 5.08. The van der Waals surface area contributed by atoms with Gasteiger partial charge >= 0.3 is 5.97 Å². The van der Waals surface area contributed by atoms with Crippen molar-refractivity contribution in [1.82, 2.24) is 14.7 Å². The second-order valence-corrected chi connectivity index (χ2v) is 6.98. The van der Waals surface area contributed by atoms with Crippen LogP contribution in [0.1, 0.15) is 22.5 Å². The third-order valence-electron chi connectivity index (χ3n) is 4.22. The van der Waals surface area contributed by atoms with E-state index in [2.05, 4.69) is 5.10 Å². The molecule has 1 aliphatic heterocycles. The maximum Gasteiger partial charge on any atom is 0.305 e. The molecule has 1 aliphatic rings. The number of carboxylic acid groups (broad SMARTS) is 1. The number of carbonyl (C=O) groups excluding carboxylic acids is 1. The Hall–Kier alpha value is -2.35. The summed E-state index contributed by atoms with van der Waals surface area (Å²) in [6.07, 6.45) is 1.34. The van der Waals surface area contributed by atoms with Gasteiger partial charge in [0, 0.05) is 18.1 Å². The lowest BCUT2D eigenvalue weighted by molar-refractivity contribution is -0.138. The monoisotopic (exact) mass is 363 g/mol. The van der Waals surface area contributed by atoms with Gasteiger partial charge in [0.1, 0.15) is 11.5 Å². The predicted octanol–water partition coefficient (Wildman–Crippen LogP) is 2.35. The topological polar surface area (TPSA) is 75.4 Å². The normalized spacial score (nSPS) is 17.5. The van der Waals surface area contributed by atoms with Crippen LogP contribution in [0.25, 0.3) is 5.69 Å². The van der Waals surface area contributed by atoms with Gasteiger partial charge in [0.15, 0.2) is 0 Å². The number of thioether (sulfide) groups is 1. The molecule has 1 unspecified atom stereocenters. The summed E-state index contributed by atoms with van der Waals surface area (Å²) in [6.45, 7) is 2.20. The number of hydrogen-bond acceptors (Lipinski definition) is 4. The Morgan fingerprint density at radius 2 is 2.16 bits per heavy atom. The Bertz CT molecular complexity index is 808. The molecule has 0 aliphatic carbocycles. The second-order valence-electron chi connectivity index (χ2n) is 5.83. The molecule has 0 spiro atoms. The predicted molar refractivity (Wildman–Crippen MR) is 92.7 cm³/mol. The average molecular weight is 363 g/mol. The van der Waals surface area contributed by atoms with Crippen LogP contribution in [0, 0.1) is 12.7 Å². The molecule has 1 atom stereocenters. The molecule has 1 aromatic heterocycles. The molecule has 1 amide bonds. The van der Waals surface area contributed by atoms with Crippen LogP contribution in [0.2, 0.25) is 0 Å². The van der Waals surface area contributed by atoms with Crippen molar-refractivity contribution in [2.75, 3.05) is 18.1 Å². The molecule has 0 bridgehead atoms. The highest BCUT2D eigenvalue weighted by atomic mass is 32.2. The summed E-state index contributed by atoms with van der Waals surface area (Å²) in [7, 11) is 0. The summed E-state index contributed by atoms with van der Waals surface area (Å²) >= 11 is 1.64. The van der Waals surface area contributed by atoms with Crippen molar-refractivity contribution in [3.63, 3.8) is 0 Å².